The van der Waals surface area contributed by atoms with Crippen LogP contribution in [0.4, 0.5) is 0 Å². The molecule has 0 saturated heterocycles. The molecule has 0 radical (unpaired) electrons. The fraction of sp³-hybridized carbons (Fsp3) is 0.111. The Kier molecular flexibility index (Phi) is 3.89. The van der Waals surface area contributed by atoms with Gasteiger partial charge in [-0.2, -0.15) is 0 Å². The van der Waals surface area contributed by atoms with Crippen LogP contribution < -0.4 is 0 Å². The molecule has 0 fully saturated rings. The number of hydrogen-bond donors (Lipinski definition) is 0. The molecule has 0 spiro atoms. The van der Waals surface area contributed by atoms with Gasteiger partial charge in [0.2, 0.25) is 5.89 Å². The summed E-state index contributed by atoms with van der Waals surface area (Å²) in [6.07, 6.45) is 0. The van der Waals surface area contributed by atoms with Crippen molar-refractivity contribution in [2.24, 2.45) is 0 Å². The van der Waals surface area contributed by atoms with Gasteiger partial charge in [0.15, 0.2) is 0 Å². The van der Waals surface area contributed by atoms with Crippen molar-refractivity contribution in [3.63, 3.8) is 0 Å². The van der Waals surface area contributed by atoms with Crippen LogP contribution in [-0.2, 0) is 0 Å². The lowest BCUT2D eigenvalue weighted by Gasteiger charge is -2.07. The summed E-state index contributed by atoms with van der Waals surface area (Å²) in [6, 6.07) is 18.8. The van der Waals surface area contributed by atoms with Gasteiger partial charge in [0, 0.05) is 4.90 Å². The lowest BCUT2D eigenvalue weighted by atomic mass is 10.1. The van der Waals surface area contributed by atoms with E-state index in [1.54, 1.807) is 23.1 Å². The molecule has 1 atom stereocenters. The highest BCUT2D eigenvalue weighted by atomic mass is 32.2. The third kappa shape index (κ3) is 3.02. The average molecular weight is 338 g/mol. The Labute approximate surface area is 142 Å². The topological polar surface area (TPSA) is 38.9 Å². The molecule has 0 aliphatic heterocycles. The molecule has 4 rings (SSSR count). The van der Waals surface area contributed by atoms with Gasteiger partial charge in [-0.25, -0.2) is 0 Å². The number of nitrogens with zero attached hydrogens (tertiary/aromatic N) is 2. The van der Waals surface area contributed by atoms with E-state index in [9.17, 15) is 0 Å². The Bertz CT molecular complexity index is 931. The van der Waals surface area contributed by atoms with E-state index >= 15 is 0 Å². The van der Waals surface area contributed by atoms with Crippen LogP contribution in [0.25, 0.3) is 21.5 Å². The van der Waals surface area contributed by atoms with E-state index in [-0.39, 0.29) is 5.25 Å². The van der Waals surface area contributed by atoms with E-state index in [0.717, 1.165) is 4.88 Å². The largest absolute Gasteiger partial charge is 0.419 e. The predicted molar refractivity (Wildman–Crippen MR) is 95.8 cm³/mol. The second-order valence-electron chi connectivity index (χ2n) is 5.19. The standard InChI is InChI=1S/C18H14N2OS2/c1-12(17-19-20-18(21-17)16-7-4-10-22-16)23-15-9-8-13-5-2-3-6-14(13)11-15/h2-12H,1H3/t12-/m0/s1. The van der Waals surface area contributed by atoms with Gasteiger partial charge in [0.25, 0.3) is 5.89 Å². The van der Waals surface area contributed by atoms with Crippen molar-refractivity contribution in [2.75, 3.05) is 0 Å². The minimum absolute atomic E-state index is 0.109. The fourth-order valence-electron chi connectivity index (χ4n) is 2.39. The van der Waals surface area contributed by atoms with E-state index in [0.29, 0.717) is 11.8 Å². The van der Waals surface area contributed by atoms with Crippen LogP contribution in [0.1, 0.15) is 18.1 Å². The number of aromatic nitrogens is 2. The van der Waals surface area contributed by atoms with Crippen molar-refractivity contribution in [2.45, 2.75) is 17.1 Å². The predicted octanol–water partition coefficient (Wildman–Crippen LogP) is 5.80. The monoisotopic (exact) mass is 338 g/mol. The summed E-state index contributed by atoms with van der Waals surface area (Å²) in [7, 11) is 0. The van der Waals surface area contributed by atoms with Crippen LogP contribution in [0.15, 0.2) is 69.3 Å². The van der Waals surface area contributed by atoms with Crippen LogP contribution in [0.2, 0.25) is 0 Å². The minimum Gasteiger partial charge on any atom is -0.419 e. The third-order valence-corrected chi connectivity index (χ3v) is 5.49. The van der Waals surface area contributed by atoms with Crippen LogP contribution in [0.3, 0.4) is 0 Å². The normalized spacial score (nSPS) is 12.6. The molecule has 5 heteroatoms. The summed E-state index contributed by atoms with van der Waals surface area (Å²) in [5.74, 6) is 1.26. The molecule has 2 aromatic carbocycles. The van der Waals surface area contributed by atoms with E-state index < -0.39 is 0 Å². The lowest BCUT2D eigenvalue weighted by Crippen LogP contribution is -1.88. The zero-order chi connectivity index (χ0) is 15.6. The van der Waals surface area contributed by atoms with Gasteiger partial charge in [-0.05, 0) is 41.3 Å². The quantitative estimate of drug-likeness (QED) is 0.440. The minimum atomic E-state index is 0.109. The second-order valence-corrected chi connectivity index (χ2v) is 7.55. The molecule has 2 aromatic heterocycles. The molecule has 0 N–H and O–H groups in total. The summed E-state index contributed by atoms with van der Waals surface area (Å²) in [5, 5.41) is 13.0. The Morgan fingerprint density at radius 3 is 2.70 bits per heavy atom. The number of benzene rings is 2. The van der Waals surface area contributed by atoms with Crippen molar-refractivity contribution < 1.29 is 4.42 Å². The van der Waals surface area contributed by atoms with E-state index in [2.05, 4.69) is 59.6 Å². The fourth-order valence-corrected chi connectivity index (χ4v) is 3.98. The average Bonchev–Trinajstić information content (AvgIpc) is 3.26. The molecule has 0 amide bonds. The molecule has 0 aliphatic carbocycles. The first-order chi connectivity index (χ1) is 11.3. The summed E-state index contributed by atoms with van der Waals surface area (Å²) in [4.78, 5) is 2.21. The first-order valence-corrected chi connectivity index (χ1v) is 9.08. The number of thiophene rings is 1. The second kappa shape index (κ2) is 6.18. The highest BCUT2D eigenvalue weighted by Gasteiger charge is 2.16. The van der Waals surface area contributed by atoms with Crippen LogP contribution in [0.5, 0.6) is 0 Å². The van der Waals surface area contributed by atoms with Crippen molar-refractivity contribution in [1.29, 1.82) is 0 Å². The van der Waals surface area contributed by atoms with Gasteiger partial charge in [0.1, 0.15) is 0 Å². The molecular weight excluding hydrogens is 324 g/mol. The molecule has 0 aliphatic rings. The van der Waals surface area contributed by atoms with Crippen molar-refractivity contribution in [3.05, 3.63) is 65.9 Å². The first kappa shape index (κ1) is 14.5. The number of thioether (sulfide) groups is 1. The number of rotatable bonds is 4. The summed E-state index contributed by atoms with van der Waals surface area (Å²) >= 11 is 3.33. The Morgan fingerprint density at radius 1 is 1.00 bits per heavy atom. The molecule has 0 saturated carbocycles. The van der Waals surface area contributed by atoms with Crippen LogP contribution in [-0.4, -0.2) is 10.2 Å². The molecule has 0 bridgehead atoms. The maximum Gasteiger partial charge on any atom is 0.257 e. The maximum absolute atomic E-state index is 5.82. The van der Waals surface area contributed by atoms with Gasteiger partial charge < -0.3 is 4.42 Å². The van der Waals surface area contributed by atoms with Crippen LogP contribution >= 0.6 is 23.1 Å². The molecule has 2 heterocycles. The smallest absolute Gasteiger partial charge is 0.257 e. The molecule has 23 heavy (non-hydrogen) atoms. The van der Waals surface area contributed by atoms with Crippen LogP contribution in [0, 0.1) is 0 Å². The summed E-state index contributed by atoms with van der Waals surface area (Å²) < 4.78 is 5.82. The summed E-state index contributed by atoms with van der Waals surface area (Å²) in [6.45, 7) is 2.09. The van der Waals surface area contributed by atoms with Crippen molar-refractivity contribution >= 4 is 33.9 Å². The molecular formula is C18H14N2OS2. The zero-order valence-corrected chi connectivity index (χ0v) is 14.1. The molecule has 4 aromatic rings. The molecule has 3 nitrogen and oxygen atoms in total. The number of hydrogen-bond acceptors (Lipinski definition) is 5. The third-order valence-electron chi connectivity index (χ3n) is 3.55. The van der Waals surface area contributed by atoms with E-state index in [1.807, 2.05) is 17.5 Å². The Hall–Kier alpha value is -2.11. The van der Waals surface area contributed by atoms with Gasteiger partial charge >= 0.3 is 0 Å². The van der Waals surface area contributed by atoms with Gasteiger partial charge in [-0.3, -0.25) is 0 Å². The maximum atomic E-state index is 5.82. The zero-order valence-electron chi connectivity index (χ0n) is 12.5. The van der Waals surface area contributed by atoms with Crippen molar-refractivity contribution in [1.82, 2.24) is 10.2 Å². The van der Waals surface area contributed by atoms with Gasteiger partial charge in [0.05, 0.1) is 10.1 Å². The molecule has 0 unspecified atom stereocenters. The van der Waals surface area contributed by atoms with E-state index in [1.165, 1.54) is 15.7 Å². The first-order valence-electron chi connectivity index (χ1n) is 7.32. The highest BCUT2D eigenvalue weighted by Crippen LogP contribution is 2.36. The SMILES string of the molecule is C[C@H](Sc1ccc2ccccc2c1)c1nnc(-c2cccs2)o1. The van der Waals surface area contributed by atoms with Gasteiger partial charge in [-0.1, -0.05) is 36.4 Å². The highest BCUT2D eigenvalue weighted by molar-refractivity contribution is 7.99. The van der Waals surface area contributed by atoms with Gasteiger partial charge in [-0.15, -0.1) is 33.3 Å². The summed E-state index contributed by atoms with van der Waals surface area (Å²) in [5.41, 5.74) is 0. The number of fused-ring (bicyclic) bond motifs is 1. The lowest BCUT2D eigenvalue weighted by molar-refractivity contribution is 0.510. The Balaban J connectivity index is 1.55. The Morgan fingerprint density at radius 2 is 1.87 bits per heavy atom. The molecule has 114 valence electrons. The van der Waals surface area contributed by atoms with E-state index in [4.69, 9.17) is 4.42 Å². The van der Waals surface area contributed by atoms with Crippen molar-refractivity contribution in [3.8, 4) is 10.8 Å².